The summed E-state index contributed by atoms with van der Waals surface area (Å²) in [4.78, 5) is 13.6. The van der Waals surface area contributed by atoms with Crippen LogP contribution in [-0.4, -0.2) is 47.3 Å². The molecule has 6 heteroatoms. The average Bonchev–Trinajstić information content (AvgIpc) is 2.61. The first-order valence-corrected chi connectivity index (χ1v) is 8.05. The molecule has 0 radical (unpaired) electrons. The molecule has 0 bridgehead atoms. The molecule has 0 fully saturated rings. The number of carbonyl (C=O) groups is 1. The van der Waals surface area contributed by atoms with Gasteiger partial charge in [0.05, 0.1) is 13.2 Å². The topological polar surface area (TPSA) is 96.6 Å². The number of hydrogen-bond acceptors (Lipinski definition) is 5. The molecule has 24 heavy (non-hydrogen) atoms. The van der Waals surface area contributed by atoms with Crippen LogP contribution in [0.4, 0.5) is 5.69 Å². The van der Waals surface area contributed by atoms with Crippen molar-refractivity contribution in [2.24, 2.45) is 0 Å². The number of nitrogens with zero attached hydrogens (tertiary/aromatic N) is 2. The first kappa shape index (κ1) is 19.7. The minimum atomic E-state index is -0.519. The normalized spacial score (nSPS) is 12.4. The molecule has 0 aliphatic heterocycles. The Labute approximate surface area is 143 Å². The minimum Gasteiger partial charge on any atom is -0.395 e. The van der Waals surface area contributed by atoms with Gasteiger partial charge in [-0.25, -0.2) is 0 Å². The zero-order chi connectivity index (χ0) is 17.9. The third-order valence-corrected chi connectivity index (χ3v) is 3.85. The lowest BCUT2D eigenvalue weighted by Gasteiger charge is -2.20. The maximum absolute atomic E-state index is 12.3. The third kappa shape index (κ3) is 5.37. The molecule has 0 saturated carbocycles. The molecule has 1 unspecified atom stereocenters. The highest BCUT2D eigenvalue weighted by molar-refractivity contribution is 5.97. The molecule has 6 nitrogen and oxygen atoms in total. The van der Waals surface area contributed by atoms with Crippen LogP contribution in [0.3, 0.4) is 0 Å². The number of nitriles is 1. The van der Waals surface area contributed by atoms with Crippen LogP contribution in [0.2, 0.25) is 0 Å². The second-order valence-corrected chi connectivity index (χ2v) is 5.45. The number of rotatable bonds is 9. The number of aliphatic hydroxyl groups is 2. The summed E-state index contributed by atoms with van der Waals surface area (Å²) in [7, 11) is 0. The Morgan fingerprint density at radius 3 is 2.50 bits per heavy atom. The van der Waals surface area contributed by atoms with Crippen molar-refractivity contribution in [3.8, 4) is 6.07 Å². The van der Waals surface area contributed by atoms with Crippen LogP contribution in [0, 0.1) is 11.3 Å². The number of nitrogens with one attached hydrogen (secondary N) is 1. The predicted octanol–water partition coefficient (Wildman–Crippen LogP) is 1.83. The number of anilines is 1. The van der Waals surface area contributed by atoms with E-state index >= 15 is 0 Å². The lowest BCUT2D eigenvalue weighted by Crippen LogP contribution is -2.36. The Morgan fingerprint density at radius 2 is 1.96 bits per heavy atom. The highest BCUT2D eigenvalue weighted by Gasteiger charge is 2.17. The van der Waals surface area contributed by atoms with Crippen LogP contribution in [-0.2, 0) is 4.79 Å². The molecule has 1 rings (SSSR count). The van der Waals surface area contributed by atoms with Crippen molar-refractivity contribution in [2.75, 3.05) is 31.6 Å². The van der Waals surface area contributed by atoms with Crippen molar-refractivity contribution in [1.29, 1.82) is 5.26 Å². The summed E-state index contributed by atoms with van der Waals surface area (Å²) in [5, 5.41) is 30.3. The molecule has 1 atom stereocenters. The average molecular weight is 331 g/mol. The maximum Gasteiger partial charge on any atom is 0.266 e. The van der Waals surface area contributed by atoms with E-state index in [9.17, 15) is 10.1 Å². The van der Waals surface area contributed by atoms with E-state index in [1.54, 1.807) is 0 Å². The quantitative estimate of drug-likeness (QED) is 0.474. The van der Waals surface area contributed by atoms with E-state index < -0.39 is 5.91 Å². The van der Waals surface area contributed by atoms with E-state index in [4.69, 9.17) is 10.2 Å². The molecule has 0 spiro atoms. The van der Waals surface area contributed by atoms with Crippen LogP contribution < -0.4 is 5.32 Å². The van der Waals surface area contributed by atoms with Gasteiger partial charge in [0, 0.05) is 25.0 Å². The fourth-order valence-electron chi connectivity index (χ4n) is 2.30. The predicted molar refractivity (Wildman–Crippen MR) is 93.2 cm³/mol. The molecule has 0 aromatic heterocycles. The summed E-state index contributed by atoms with van der Waals surface area (Å²) in [5.41, 5.74) is 1.89. The van der Waals surface area contributed by atoms with Crippen LogP contribution in [0.15, 0.2) is 36.0 Å². The molecule has 0 aliphatic rings. The fraction of sp³-hybridized carbons (Fsp3) is 0.444. The number of benzene rings is 1. The van der Waals surface area contributed by atoms with Gasteiger partial charge in [-0.2, -0.15) is 5.26 Å². The van der Waals surface area contributed by atoms with Gasteiger partial charge >= 0.3 is 0 Å². The van der Waals surface area contributed by atoms with Crippen molar-refractivity contribution >= 4 is 11.6 Å². The first-order chi connectivity index (χ1) is 11.6. The van der Waals surface area contributed by atoms with Gasteiger partial charge in [0.15, 0.2) is 0 Å². The minimum absolute atomic E-state index is 0.0713. The molecular weight excluding hydrogens is 306 g/mol. The first-order valence-electron chi connectivity index (χ1n) is 8.05. The molecule has 1 amide bonds. The smallest absolute Gasteiger partial charge is 0.266 e. The lowest BCUT2D eigenvalue weighted by molar-refractivity contribution is -0.127. The van der Waals surface area contributed by atoms with Crippen molar-refractivity contribution < 1.29 is 15.0 Å². The fourth-order valence-corrected chi connectivity index (χ4v) is 2.30. The highest BCUT2D eigenvalue weighted by atomic mass is 16.3. The van der Waals surface area contributed by atoms with E-state index in [-0.39, 0.29) is 31.9 Å². The second-order valence-electron chi connectivity index (χ2n) is 5.45. The van der Waals surface area contributed by atoms with Gasteiger partial charge in [0.1, 0.15) is 11.6 Å². The van der Waals surface area contributed by atoms with Gasteiger partial charge in [-0.05, 0) is 24.0 Å². The van der Waals surface area contributed by atoms with E-state index in [0.717, 1.165) is 17.7 Å². The zero-order valence-corrected chi connectivity index (χ0v) is 14.2. The summed E-state index contributed by atoms with van der Waals surface area (Å²) in [5.74, 6) is -0.169. The Balaban J connectivity index is 2.98. The van der Waals surface area contributed by atoms with E-state index in [1.165, 1.54) is 11.1 Å². The summed E-state index contributed by atoms with van der Waals surface area (Å²) >= 11 is 0. The second kappa shape index (κ2) is 10.4. The van der Waals surface area contributed by atoms with Gasteiger partial charge in [-0.15, -0.1) is 0 Å². The molecule has 0 saturated heterocycles. The number of hydrogen-bond donors (Lipinski definition) is 3. The summed E-state index contributed by atoms with van der Waals surface area (Å²) in [6.07, 6.45) is 2.36. The van der Waals surface area contributed by atoms with Crippen LogP contribution >= 0.6 is 0 Å². The molecular formula is C18H25N3O3. The Hall–Kier alpha value is -2.36. The monoisotopic (exact) mass is 331 g/mol. The number of para-hydroxylation sites is 1. The molecule has 0 heterocycles. The van der Waals surface area contributed by atoms with Crippen molar-refractivity contribution in [1.82, 2.24) is 4.90 Å². The van der Waals surface area contributed by atoms with Crippen molar-refractivity contribution in [2.45, 2.75) is 26.2 Å². The van der Waals surface area contributed by atoms with Gasteiger partial charge in [0.2, 0.25) is 0 Å². The Bertz CT molecular complexity index is 602. The van der Waals surface area contributed by atoms with Gasteiger partial charge in [-0.1, -0.05) is 32.0 Å². The van der Waals surface area contributed by atoms with Crippen molar-refractivity contribution in [3.05, 3.63) is 41.6 Å². The van der Waals surface area contributed by atoms with Gasteiger partial charge in [-0.3, -0.25) is 4.79 Å². The molecule has 0 aliphatic carbocycles. The van der Waals surface area contributed by atoms with Crippen LogP contribution in [0.1, 0.15) is 31.7 Å². The molecule has 1 aromatic carbocycles. The SMILES string of the molecule is CCC(C)c1ccccc1N/C=C(/C#N)C(=O)N(CCO)CCO. The van der Waals surface area contributed by atoms with Crippen LogP contribution in [0.25, 0.3) is 0 Å². The third-order valence-electron chi connectivity index (χ3n) is 3.85. The number of amides is 1. The molecule has 130 valence electrons. The Kier molecular flexibility index (Phi) is 8.55. The van der Waals surface area contributed by atoms with E-state index in [1.807, 2.05) is 30.3 Å². The van der Waals surface area contributed by atoms with Crippen LogP contribution in [0.5, 0.6) is 0 Å². The lowest BCUT2D eigenvalue weighted by atomic mass is 9.97. The van der Waals surface area contributed by atoms with Gasteiger partial charge < -0.3 is 20.4 Å². The summed E-state index contributed by atoms with van der Waals surface area (Å²) in [6.45, 7) is 3.90. The Morgan fingerprint density at radius 1 is 1.33 bits per heavy atom. The standard InChI is InChI=1S/C18H25N3O3/c1-3-14(2)16-6-4-5-7-17(16)20-13-15(12-19)18(24)21(8-10-22)9-11-23/h4-7,13-14,20,22-23H,3,8-11H2,1-2H3/b15-13-. The summed E-state index contributed by atoms with van der Waals surface area (Å²) in [6, 6.07) is 9.64. The zero-order valence-electron chi connectivity index (χ0n) is 14.2. The number of carbonyl (C=O) groups excluding carboxylic acids is 1. The van der Waals surface area contributed by atoms with Crippen molar-refractivity contribution in [3.63, 3.8) is 0 Å². The number of aliphatic hydroxyl groups excluding tert-OH is 2. The highest BCUT2D eigenvalue weighted by Crippen LogP contribution is 2.26. The largest absolute Gasteiger partial charge is 0.395 e. The maximum atomic E-state index is 12.3. The van der Waals surface area contributed by atoms with E-state index in [0.29, 0.717) is 5.92 Å². The molecule has 1 aromatic rings. The molecule has 3 N–H and O–H groups in total. The van der Waals surface area contributed by atoms with E-state index in [2.05, 4.69) is 19.2 Å². The van der Waals surface area contributed by atoms with Gasteiger partial charge in [0.25, 0.3) is 5.91 Å². The summed E-state index contributed by atoms with van der Waals surface area (Å²) < 4.78 is 0.